The predicted octanol–water partition coefficient (Wildman–Crippen LogP) is 3.27. The Kier molecular flexibility index (Phi) is 6.52. The minimum Gasteiger partial charge on any atom is -0.376 e. The SMILES string of the molecule is Cc1noc(C)c1C(C)C(=O)Nc1cc(S(=O)(=O)N2CCCCC2)ccc1N(C)C. The summed E-state index contributed by atoms with van der Waals surface area (Å²) in [7, 11) is 0.0963. The van der Waals surface area contributed by atoms with Gasteiger partial charge in [0.25, 0.3) is 0 Å². The van der Waals surface area contributed by atoms with Crippen molar-refractivity contribution in [3.63, 3.8) is 0 Å². The lowest BCUT2D eigenvalue weighted by Crippen LogP contribution is -2.35. The van der Waals surface area contributed by atoms with Crippen molar-refractivity contribution in [2.24, 2.45) is 0 Å². The number of benzene rings is 1. The van der Waals surface area contributed by atoms with Crippen molar-refractivity contribution in [3.8, 4) is 0 Å². The lowest BCUT2D eigenvalue weighted by Gasteiger charge is -2.27. The van der Waals surface area contributed by atoms with E-state index in [9.17, 15) is 13.2 Å². The molecule has 1 aliphatic heterocycles. The summed E-state index contributed by atoms with van der Waals surface area (Å²) in [4.78, 5) is 15.0. The van der Waals surface area contributed by atoms with E-state index in [1.54, 1.807) is 39.0 Å². The normalized spacial score (nSPS) is 16.3. The number of sulfonamides is 1. The maximum atomic E-state index is 13.1. The van der Waals surface area contributed by atoms with Crippen molar-refractivity contribution in [1.82, 2.24) is 9.46 Å². The van der Waals surface area contributed by atoms with E-state index in [0.717, 1.165) is 30.5 Å². The van der Waals surface area contributed by atoms with Gasteiger partial charge < -0.3 is 14.7 Å². The van der Waals surface area contributed by atoms with Crippen molar-refractivity contribution >= 4 is 27.3 Å². The summed E-state index contributed by atoms with van der Waals surface area (Å²) in [5.74, 6) is -0.141. The van der Waals surface area contributed by atoms with Crippen LogP contribution in [0.3, 0.4) is 0 Å². The van der Waals surface area contributed by atoms with Gasteiger partial charge in [-0.3, -0.25) is 4.79 Å². The molecule has 0 bridgehead atoms. The number of carbonyl (C=O) groups excluding carboxylic acids is 1. The van der Waals surface area contributed by atoms with Crippen molar-refractivity contribution in [3.05, 3.63) is 35.2 Å². The summed E-state index contributed by atoms with van der Waals surface area (Å²) >= 11 is 0. The Balaban J connectivity index is 1.92. The molecule has 1 unspecified atom stereocenters. The monoisotopic (exact) mass is 434 g/mol. The van der Waals surface area contributed by atoms with Gasteiger partial charge in [0.05, 0.1) is 27.9 Å². The zero-order valence-corrected chi connectivity index (χ0v) is 19.0. The number of hydrogen-bond donors (Lipinski definition) is 1. The van der Waals surface area contributed by atoms with Gasteiger partial charge in [-0.15, -0.1) is 0 Å². The number of piperidine rings is 1. The third kappa shape index (κ3) is 4.37. The third-order valence-corrected chi connectivity index (χ3v) is 7.47. The zero-order valence-electron chi connectivity index (χ0n) is 18.2. The number of amides is 1. The third-order valence-electron chi connectivity index (χ3n) is 5.58. The second kappa shape index (κ2) is 8.77. The first-order chi connectivity index (χ1) is 14.1. The van der Waals surface area contributed by atoms with E-state index in [4.69, 9.17) is 4.52 Å². The van der Waals surface area contributed by atoms with Crippen LogP contribution in [0.15, 0.2) is 27.6 Å². The van der Waals surface area contributed by atoms with Gasteiger partial charge in [0.15, 0.2) is 0 Å². The first kappa shape index (κ1) is 22.3. The average molecular weight is 435 g/mol. The number of carbonyl (C=O) groups is 1. The highest BCUT2D eigenvalue weighted by Gasteiger charge is 2.28. The van der Waals surface area contributed by atoms with Crippen LogP contribution < -0.4 is 10.2 Å². The van der Waals surface area contributed by atoms with Crippen LogP contribution in [0.2, 0.25) is 0 Å². The number of rotatable bonds is 6. The highest BCUT2D eigenvalue weighted by Crippen LogP contribution is 2.32. The van der Waals surface area contributed by atoms with Crippen LogP contribution in [0.25, 0.3) is 0 Å². The van der Waals surface area contributed by atoms with E-state index in [0.29, 0.717) is 30.2 Å². The molecule has 1 amide bonds. The van der Waals surface area contributed by atoms with Crippen LogP contribution in [0.1, 0.15) is 49.1 Å². The molecule has 1 aliphatic rings. The molecule has 1 atom stereocenters. The van der Waals surface area contributed by atoms with Crippen molar-refractivity contribution in [2.75, 3.05) is 37.4 Å². The predicted molar refractivity (Wildman–Crippen MR) is 116 cm³/mol. The molecular formula is C21H30N4O4S. The van der Waals surface area contributed by atoms with Crippen LogP contribution in [0.4, 0.5) is 11.4 Å². The average Bonchev–Trinajstić information content (AvgIpc) is 3.05. The first-order valence-electron chi connectivity index (χ1n) is 10.2. The van der Waals surface area contributed by atoms with Crippen molar-refractivity contribution in [2.45, 2.75) is 50.8 Å². The minimum absolute atomic E-state index is 0.190. The summed E-state index contributed by atoms with van der Waals surface area (Å²) in [5, 5.41) is 6.84. The van der Waals surface area contributed by atoms with Gasteiger partial charge in [-0.05, 0) is 51.8 Å². The quantitative estimate of drug-likeness (QED) is 0.750. The molecule has 2 aromatic rings. The molecule has 0 radical (unpaired) electrons. The number of nitrogens with zero attached hydrogens (tertiary/aromatic N) is 3. The smallest absolute Gasteiger partial charge is 0.243 e. The van der Waals surface area contributed by atoms with Crippen LogP contribution in [-0.2, 0) is 14.8 Å². The Bertz CT molecular complexity index is 1000. The number of aryl methyl sites for hydroxylation is 2. The molecule has 1 saturated heterocycles. The topological polar surface area (TPSA) is 95.8 Å². The molecule has 8 nitrogen and oxygen atoms in total. The van der Waals surface area contributed by atoms with E-state index in [2.05, 4.69) is 10.5 Å². The maximum absolute atomic E-state index is 13.1. The lowest BCUT2D eigenvalue weighted by atomic mass is 9.98. The van der Waals surface area contributed by atoms with E-state index in [-0.39, 0.29) is 10.8 Å². The molecule has 0 saturated carbocycles. The number of nitrogens with one attached hydrogen (secondary N) is 1. The van der Waals surface area contributed by atoms with Crippen LogP contribution in [0.5, 0.6) is 0 Å². The van der Waals surface area contributed by atoms with Gasteiger partial charge in [-0.25, -0.2) is 8.42 Å². The van der Waals surface area contributed by atoms with Gasteiger partial charge in [-0.1, -0.05) is 11.6 Å². The van der Waals surface area contributed by atoms with Gasteiger partial charge >= 0.3 is 0 Å². The van der Waals surface area contributed by atoms with Gasteiger partial charge in [0.2, 0.25) is 15.9 Å². The lowest BCUT2D eigenvalue weighted by molar-refractivity contribution is -0.117. The van der Waals surface area contributed by atoms with E-state index in [1.165, 1.54) is 4.31 Å². The van der Waals surface area contributed by atoms with Crippen LogP contribution >= 0.6 is 0 Å². The molecular weight excluding hydrogens is 404 g/mol. The van der Waals surface area contributed by atoms with Crippen LogP contribution in [0, 0.1) is 13.8 Å². The molecule has 1 aromatic carbocycles. The molecule has 2 heterocycles. The van der Waals surface area contributed by atoms with Gasteiger partial charge in [-0.2, -0.15) is 4.31 Å². The molecule has 1 N–H and O–H groups in total. The number of aromatic nitrogens is 1. The fourth-order valence-electron chi connectivity index (χ4n) is 3.90. The summed E-state index contributed by atoms with van der Waals surface area (Å²) in [6, 6.07) is 4.89. The Labute approximate surface area is 178 Å². The minimum atomic E-state index is -3.60. The number of hydrogen-bond acceptors (Lipinski definition) is 6. The summed E-state index contributed by atoms with van der Waals surface area (Å²) in [5.41, 5.74) is 2.61. The maximum Gasteiger partial charge on any atom is 0.243 e. The first-order valence-corrected chi connectivity index (χ1v) is 11.6. The molecule has 1 aromatic heterocycles. The van der Waals surface area contributed by atoms with E-state index < -0.39 is 15.9 Å². The number of anilines is 2. The summed E-state index contributed by atoms with van der Waals surface area (Å²) in [6.07, 6.45) is 2.79. The molecule has 3 rings (SSSR count). The molecule has 164 valence electrons. The Hall–Kier alpha value is -2.39. The second-order valence-corrected chi connectivity index (χ2v) is 9.92. The largest absolute Gasteiger partial charge is 0.376 e. The Morgan fingerprint density at radius 3 is 2.43 bits per heavy atom. The zero-order chi connectivity index (χ0) is 22.1. The highest BCUT2D eigenvalue weighted by molar-refractivity contribution is 7.89. The van der Waals surface area contributed by atoms with E-state index in [1.807, 2.05) is 19.0 Å². The van der Waals surface area contributed by atoms with Gasteiger partial charge in [0, 0.05) is 32.7 Å². The van der Waals surface area contributed by atoms with Gasteiger partial charge in [0.1, 0.15) is 5.76 Å². The fourth-order valence-corrected chi connectivity index (χ4v) is 5.44. The fraction of sp³-hybridized carbons (Fsp3) is 0.524. The van der Waals surface area contributed by atoms with Crippen molar-refractivity contribution < 1.29 is 17.7 Å². The molecule has 1 fully saturated rings. The highest BCUT2D eigenvalue weighted by atomic mass is 32.2. The molecule has 30 heavy (non-hydrogen) atoms. The summed E-state index contributed by atoms with van der Waals surface area (Å²) in [6.45, 7) is 6.42. The Morgan fingerprint density at radius 1 is 1.20 bits per heavy atom. The summed E-state index contributed by atoms with van der Waals surface area (Å²) < 4.78 is 32.9. The molecule has 9 heteroatoms. The Morgan fingerprint density at radius 2 is 1.87 bits per heavy atom. The molecule has 0 aliphatic carbocycles. The standard InChI is InChI=1S/C21H30N4O4S/c1-14(20-15(2)23-29-16(20)3)21(26)22-18-13-17(9-10-19(18)24(4)5)30(27,28)25-11-7-6-8-12-25/h9-10,13-14H,6-8,11-12H2,1-5H3,(H,22,26). The van der Waals surface area contributed by atoms with E-state index >= 15 is 0 Å². The van der Waals surface area contributed by atoms with Crippen LogP contribution in [-0.4, -0.2) is 51.0 Å². The van der Waals surface area contributed by atoms with Crippen molar-refractivity contribution in [1.29, 1.82) is 0 Å². The molecule has 0 spiro atoms. The second-order valence-electron chi connectivity index (χ2n) is 7.99.